The molecule has 19 nitrogen and oxygen atoms in total. The van der Waals surface area contributed by atoms with Crippen LogP contribution in [0.5, 0.6) is 0 Å². The Kier molecular flexibility index (Phi) is 46.5. The molecule has 3 aliphatic heterocycles. The van der Waals surface area contributed by atoms with Crippen LogP contribution < -0.4 is 5.32 Å². The third-order valence-corrected chi connectivity index (χ3v) is 17.3. The molecule has 3 aliphatic rings. The Hall–Kier alpha value is -2.25. The molecule has 3 heterocycles. The van der Waals surface area contributed by atoms with Crippen molar-refractivity contribution >= 4 is 5.91 Å². The molecule has 0 aromatic rings. The van der Waals surface area contributed by atoms with Crippen LogP contribution in [0.3, 0.4) is 0 Å². The minimum atomic E-state index is -1.98. The molecule has 0 aromatic heterocycles. The zero-order valence-corrected chi connectivity index (χ0v) is 54.2. The van der Waals surface area contributed by atoms with E-state index in [1.807, 2.05) is 6.08 Å². The first kappa shape index (κ1) is 80.0. The van der Waals surface area contributed by atoms with Gasteiger partial charge in [-0.3, -0.25) is 4.79 Å². The van der Waals surface area contributed by atoms with Crippen molar-refractivity contribution in [3.05, 3.63) is 48.6 Å². The maximum atomic E-state index is 13.4. The van der Waals surface area contributed by atoms with Crippen LogP contribution in [0.4, 0.5) is 0 Å². The van der Waals surface area contributed by atoms with Crippen molar-refractivity contribution in [2.45, 2.75) is 356 Å². The molecule has 3 saturated heterocycles. The molecular formula is C69H125NO18. The molecule has 17 atom stereocenters. The van der Waals surface area contributed by atoms with E-state index in [0.717, 1.165) is 44.9 Å². The number of carbonyl (C=O) groups is 1. The highest BCUT2D eigenvalue weighted by Crippen LogP contribution is 2.33. The molecule has 3 fully saturated rings. The quantitative estimate of drug-likeness (QED) is 0.0200. The van der Waals surface area contributed by atoms with E-state index in [1.165, 1.54) is 173 Å². The van der Waals surface area contributed by atoms with E-state index in [2.05, 4.69) is 55.6 Å². The molecule has 0 saturated carbocycles. The molecule has 88 heavy (non-hydrogen) atoms. The highest BCUT2D eigenvalue weighted by molar-refractivity contribution is 5.76. The number of hydrogen-bond donors (Lipinski definition) is 12. The van der Waals surface area contributed by atoms with Crippen molar-refractivity contribution in [2.75, 3.05) is 26.4 Å². The summed E-state index contributed by atoms with van der Waals surface area (Å²) in [6, 6.07) is -0.995. The van der Waals surface area contributed by atoms with Crippen molar-refractivity contribution < 1.29 is 89.4 Å². The number of rotatable bonds is 53. The van der Waals surface area contributed by atoms with Crippen LogP contribution in [0, 0.1) is 0 Å². The first-order valence-electron chi connectivity index (χ1n) is 34.9. The second-order valence-electron chi connectivity index (χ2n) is 25.0. The van der Waals surface area contributed by atoms with Gasteiger partial charge in [0.1, 0.15) is 73.2 Å². The lowest BCUT2D eigenvalue weighted by Gasteiger charge is -2.48. The molecule has 0 bridgehead atoms. The first-order chi connectivity index (χ1) is 42.8. The minimum absolute atomic E-state index is 0.234. The molecule has 0 radical (unpaired) electrons. The van der Waals surface area contributed by atoms with Crippen LogP contribution in [0.2, 0.25) is 0 Å². The molecule has 19 heteroatoms. The van der Waals surface area contributed by atoms with E-state index >= 15 is 0 Å². The number of unbranched alkanes of at least 4 members (excludes halogenated alkanes) is 31. The smallest absolute Gasteiger partial charge is 0.220 e. The predicted molar refractivity (Wildman–Crippen MR) is 342 cm³/mol. The Morgan fingerprint density at radius 1 is 0.398 bits per heavy atom. The summed E-state index contributed by atoms with van der Waals surface area (Å²) in [5.41, 5.74) is 0. The van der Waals surface area contributed by atoms with Crippen molar-refractivity contribution in [1.82, 2.24) is 5.32 Å². The van der Waals surface area contributed by atoms with Gasteiger partial charge in [-0.25, -0.2) is 0 Å². The Morgan fingerprint density at radius 2 is 0.739 bits per heavy atom. The number of aliphatic hydroxyl groups is 11. The zero-order valence-electron chi connectivity index (χ0n) is 54.2. The lowest BCUT2D eigenvalue weighted by molar-refractivity contribution is -0.379. The molecule has 3 rings (SSSR count). The third-order valence-electron chi connectivity index (χ3n) is 17.3. The van der Waals surface area contributed by atoms with Crippen molar-refractivity contribution in [3.63, 3.8) is 0 Å². The van der Waals surface area contributed by atoms with Crippen LogP contribution in [-0.4, -0.2) is 193 Å². The molecule has 0 aliphatic carbocycles. The van der Waals surface area contributed by atoms with Gasteiger partial charge >= 0.3 is 0 Å². The normalized spacial score (nSPS) is 28.7. The fourth-order valence-electron chi connectivity index (χ4n) is 11.6. The van der Waals surface area contributed by atoms with E-state index in [9.17, 15) is 61.0 Å². The molecule has 0 spiro atoms. The summed E-state index contributed by atoms with van der Waals surface area (Å²) in [4.78, 5) is 13.4. The van der Waals surface area contributed by atoms with Crippen LogP contribution in [0.15, 0.2) is 48.6 Å². The summed E-state index contributed by atoms with van der Waals surface area (Å²) in [5.74, 6) is -0.289. The second kappa shape index (κ2) is 51.2. The van der Waals surface area contributed by atoms with Crippen LogP contribution >= 0.6 is 0 Å². The number of aliphatic hydroxyl groups excluding tert-OH is 11. The second-order valence-corrected chi connectivity index (χ2v) is 25.0. The first-order valence-corrected chi connectivity index (χ1v) is 34.9. The van der Waals surface area contributed by atoms with Crippen molar-refractivity contribution in [1.29, 1.82) is 0 Å². The highest BCUT2D eigenvalue weighted by Gasteiger charge is 2.53. The van der Waals surface area contributed by atoms with Gasteiger partial charge in [-0.05, 0) is 64.2 Å². The van der Waals surface area contributed by atoms with Crippen LogP contribution in [-0.2, 0) is 33.2 Å². The fourth-order valence-corrected chi connectivity index (χ4v) is 11.6. The SMILES string of the molecule is CCCC/C=C/CC/C=C/CC/C=C/C(O)C(COC1OC(CO)C(OC2OC(CO)C(OC3OC(CO)C(O)C(O)C3O)C(O)C2O)C(O)C1O)NC(=O)CCCCCCCCCCCCCCCCCCCCC/C=C\CCCCCCCCCC. The van der Waals surface area contributed by atoms with E-state index in [4.69, 9.17) is 28.4 Å². The summed E-state index contributed by atoms with van der Waals surface area (Å²) >= 11 is 0. The van der Waals surface area contributed by atoms with Gasteiger partial charge in [0.2, 0.25) is 5.91 Å². The van der Waals surface area contributed by atoms with Gasteiger partial charge in [0, 0.05) is 6.42 Å². The van der Waals surface area contributed by atoms with Crippen LogP contribution in [0.25, 0.3) is 0 Å². The predicted octanol–water partition coefficient (Wildman–Crippen LogP) is 9.00. The van der Waals surface area contributed by atoms with Gasteiger partial charge in [0.25, 0.3) is 0 Å². The van der Waals surface area contributed by atoms with Gasteiger partial charge in [-0.1, -0.05) is 229 Å². The van der Waals surface area contributed by atoms with E-state index in [0.29, 0.717) is 12.8 Å². The Morgan fingerprint density at radius 3 is 1.17 bits per heavy atom. The molecule has 12 N–H and O–H groups in total. The van der Waals surface area contributed by atoms with E-state index in [-0.39, 0.29) is 18.9 Å². The number of nitrogens with one attached hydrogen (secondary N) is 1. The molecule has 17 unspecified atom stereocenters. The molecular weight excluding hydrogens is 1130 g/mol. The van der Waals surface area contributed by atoms with Crippen LogP contribution in [0.1, 0.15) is 251 Å². The number of allylic oxidation sites excluding steroid dienone is 7. The van der Waals surface area contributed by atoms with E-state index in [1.54, 1.807) is 6.08 Å². The summed E-state index contributed by atoms with van der Waals surface area (Å²) in [5, 5.41) is 120. The van der Waals surface area contributed by atoms with Gasteiger partial charge in [-0.15, -0.1) is 0 Å². The molecule has 1 amide bonds. The zero-order chi connectivity index (χ0) is 64.0. The van der Waals surface area contributed by atoms with E-state index < -0.39 is 124 Å². The minimum Gasteiger partial charge on any atom is -0.394 e. The fraction of sp³-hybridized carbons (Fsp3) is 0.870. The summed E-state index contributed by atoms with van der Waals surface area (Å²) in [7, 11) is 0. The lowest BCUT2D eigenvalue weighted by atomic mass is 9.96. The molecule has 514 valence electrons. The van der Waals surface area contributed by atoms with Crippen molar-refractivity contribution in [3.8, 4) is 0 Å². The average Bonchev–Trinajstić information content (AvgIpc) is 1.20. The highest BCUT2D eigenvalue weighted by atomic mass is 16.8. The summed E-state index contributed by atoms with van der Waals surface area (Å²) in [6.07, 6.45) is 34.1. The standard InChI is InChI=1S/C69H125NO18/c1-3-5-7-9-11-13-15-17-18-19-20-21-22-23-24-25-26-27-28-29-30-31-32-33-34-35-37-39-41-43-45-47-57(75)70-52(53(74)46-44-42-40-38-36-16-14-12-10-8-6-4-2)51-83-67-63(81)60(78)65(55(49-72)85-67)88-69-64(82)61(79)66(56(50-73)86-69)87-68-62(80)59(77)58(76)54(48-71)84-68/h10,12,19-20,36,38,44,46,52-56,58-69,71-74,76-82H,3-9,11,13-18,21-35,37,39-43,45,47-51H2,1-2H3,(H,70,75)/b12-10+,20-19-,38-36+,46-44+. The topological polar surface area (TPSA) is 307 Å². The third kappa shape index (κ3) is 33.0. The number of hydrogen-bond acceptors (Lipinski definition) is 18. The maximum Gasteiger partial charge on any atom is 0.220 e. The summed E-state index contributed by atoms with van der Waals surface area (Å²) < 4.78 is 34.3. The number of ether oxygens (including phenoxy) is 6. The van der Waals surface area contributed by atoms with Gasteiger partial charge in [0.15, 0.2) is 18.9 Å². The van der Waals surface area contributed by atoms with Gasteiger partial charge in [0.05, 0.1) is 38.6 Å². The largest absolute Gasteiger partial charge is 0.394 e. The summed E-state index contributed by atoms with van der Waals surface area (Å²) in [6.45, 7) is 1.65. The van der Waals surface area contributed by atoms with Gasteiger partial charge in [-0.2, -0.15) is 0 Å². The lowest BCUT2D eigenvalue weighted by Crippen LogP contribution is -2.66. The number of carbonyl (C=O) groups excluding carboxylic acids is 1. The molecule has 0 aromatic carbocycles. The monoisotopic (exact) mass is 1260 g/mol. The Balaban J connectivity index is 1.36. The Labute approximate surface area is 529 Å². The van der Waals surface area contributed by atoms with Gasteiger partial charge < -0.3 is 89.9 Å². The average molecular weight is 1260 g/mol. The number of amides is 1. The maximum absolute atomic E-state index is 13.4. The Bertz CT molecular complexity index is 1790. The van der Waals surface area contributed by atoms with Crippen molar-refractivity contribution in [2.24, 2.45) is 0 Å².